The quantitative estimate of drug-likeness (QED) is 0.597. The van der Waals surface area contributed by atoms with Crippen LogP contribution in [-0.4, -0.2) is 12.3 Å². The van der Waals surface area contributed by atoms with Gasteiger partial charge in [0, 0.05) is 5.56 Å². The van der Waals surface area contributed by atoms with Crippen molar-refractivity contribution in [2.24, 2.45) is 0 Å². The summed E-state index contributed by atoms with van der Waals surface area (Å²) in [7, 11) is 0. The van der Waals surface area contributed by atoms with E-state index < -0.39 is 0 Å². The Kier molecular flexibility index (Phi) is 3.19. The fourth-order valence-corrected chi connectivity index (χ4v) is 1.73. The summed E-state index contributed by atoms with van der Waals surface area (Å²) in [5.74, 6) is 0.0558. The number of ether oxygens (including phenoxy) is 1. The van der Waals surface area contributed by atoms with Crippen molar-refractivity contribution in [3.8, 4) is 0 Å². The molecule has 0 heterocycles. The van der Waals surface area contributed by atoms with Crippen LogP contribution in [0.5, 0.6) is 0 Å². The minimum atomic E-state index is 0.0558. The second-order valence-electron chi connectivity index (χ2n) is 3.86. The van der Waals surface area contributed by atoms with Crippen LogP contribution in [0, 0.1) is 0 Å². The van der Waals surface area contributed by atoms with Crippen molar-refractivity contribution in [2.75, 3.05) is 0 Å². The molecule has 0 amide bonds. The molecule has 0 unspecified atom stereocenters. The Morgan fingerprint density at radius 3 is 2.59 bits per heavy atom. The summed E-state index contributed by atoms with van der Waals surface area (Å²) in [4.78, 5) is 21.3. The molecule has 3 heteroatoms. The summed E-state index contributed by atoms with van der Waals surface area (Å²) in [6, 6.07) is 11.3. The van der Waals surface area contributed by atoms with Gasteiger partial charge >= 0.3 is 0 Å². The molecule has 0 aliphatic heterocycles. The van der Waals surface area contributed by atoms with E-state index in [0.717, 1.165) is 16.3 Å². The lowest BCUT2D eigenvalue weighted by atomic mass is 10.0. The third kappa shape index (κ3) is 2.50. The second kappa shape index (κ2) is 4.78. The van der Waals surface area contributed by atoms with E-state index in [0.29, 0.717) is 12.0 Å². The zero-order valence-electron chi connectivity index (χ0n) is 9.47. The van der Waals surface area contributed by atoms with E-state index in [1.165, 1.54) is 0 Å². The molecule has 2 rings (SSSR count). The Bertz CT molecular complexity index is 573. The van der Waals surface area contributed by atoms with Crippen molar-refractivity contribution in [3.63, 3.8) is 0 Å². The molecule has 0 saturated carbocycles. The van der Waals surface area contributed by atoms with Crippen LogP contribution in [0.4, 0.5) is 0 Å². The Hall–Kier alpha value is -2.16. The molecular weight excluding hydrogens is 216 g/mol. The largest absolute Gasteiger partial charge is 0.463 e. The number of fused-ring (bicyclic) bond motifs is 1. The summed E-state index contributed by atoms with van der Waals surface area (Å²) in [5.41, 5.74) is 1.63. The first-order valence-electron chi connectivity index (χ1n) is 5.29. The molecule has 17 heavy (non-hydrogen) atoms. The molecule has 0 saturated heterocycles. The minimum Gasteiger partial charge on any atom is -0.463 e. The third-order valence-corrected chi connectivity index (χ3v) is 2.63. The predicted molar refractivity (Wildman–Crippen MR) is 64.8 cm³/mol. The van der Waals surface area contributed by atoms with E-state index in [9.17, 15) is 9.59 Å². The van der Waals surface area contributed by atoms with E-state index in [1.54, 1.807) is 13.0 Å². The maximum Gasteiger partial charge on any atom is 0.293 e. The molecule has 0 spiro atoms. The molecule has 2 aromatic carbocycles. The highest BCUT2D eigenvalue weighted by Gasteiger charge is 2.02. The van der Waals surface area contributed by atoms with Gasteiger partial charge in [-0.25, -0.2) is 0 Å². The average Bonchev–Trinajstić information content (AvgIpc) is 2.35. The Labute approximate surface area is 99.0 Å². The molecule has 0 atom stereocenters. The van der Waals surface area contributed by atoms with Gasteiger partial charge in [0.05, 0.1) is 0 Å². The van der Waals surface area contributed by atoms with Crippen molar-refractivity contribution in [2.45, 2.75) is 13.5 Å². The number of rotatable bonds is 4. The molecule has 0 N–H and O–H groups in total. The molecule has 86 valence electrons. The number of benzene rings is 2. The van der Waals surface area contributed by atoms with Gasteiger partial charge in [-0.15, -0.1) is 0 Å². The fourth-order valence-electron chi connectivity index (χ4n) is 1.73. The molecule has 0 aliphatic carbocycles. The monoisotopic (exact) mass is 228 g/mol. The van der Waals surface area contributed by atoms with Crippen LogP contribution < -0.4 is 0 Å². The lowest BCUT2D eigenvalue weighted by Crippen LogP contribution is -1.92. The maximum atomic E-state index is 11.2. The van der Waals surface area contributed by atoms with Gasteiger partial charge in [0.15, 0.2) is 5.78 Å². The molecule has 0 fully saturated rings. The molecule has 0 bridgehead atoms. The van der Waals surface area contributed by atoms with Gasteiger partial charge in [0.2, 0.25) is 0 Å². The molecular formula is C14H12O3. The van der Waals surface area contributed by atoms with E-state index in [1.807, 2.05) is 30.3 Å². The van der Waals surface area contributed by atoms with Crippen molar-refractivity contribution >= 4 is 23.0 Å². The Balaban J connectivity index is 2.39. The number of hydrogen-bond acceptors (Lipinski definition) is 3. The van der Waals surface area contributed by atoms with Gasteiger partial charge < -0.3 is 4.74 Å². The highest BCUT2D eigenvalue weighted by molar-refractivity contribution is 5.98. The molecule has 0 radical (unpaired) electrons. The van der Waals surface area contributed by atoms with Gasteiger partial charge in [-0.3, -0.25) is 9.59 Å². The summed E-state index contributed by atoms with van der Waals surface area (Å²) in [5, 5.41) is 2.04. The zero-order chi connectivity index (χ0) is 12.3. The second-order valence-corrected chi connectivity index (χ2v) is 3.86. The first-order valence-corrected chi connectivity index (χ1v) is 5.29. The zero-order valence-corrected chi connectivity index (χ0v) is 9.47. The SMILES string of the molecule is CC(=O)c1ccc2cc(COC=O)ccc2c1. The highest BCUT2D eigenvalue weighted by Crippen LogP contribution is 2.18. The van der Waals surface area contributed by atoms with Crippen molar-refractivity contribution < 1.29 is 14.3 Å². The normalized spacial score (nSPS) is 10.2. The van der Waals surface area contributed by atoms with Crippen LogP contribution in [0.1, 0.15) is 22.8 Å². The van der Waals surface area contributed by atoms with Crippen LogP contribution in [0.3, 0.4) is 0 Å². The first kappa shape index (κ1) is 11.3. The maximum absolute atomic E-state index is 11.2. The topological polar surface area (TPSA) is 43.4 Å². The van der Waals surface area contributed by atoms with Gasteiger partial charge in [-0.1, -0.05) is 24.3 Å². The van der Waals surface area contributed by atoms with Crippen LogP contribution in [-0.2, 0) is 16.1 Å². The van der Waals surface area contributed by atoms with Crippen LogP contribution in [0.15, 0.2) is 36.4 Å². The Morgan fingerprint density at radius 1 is 1.18 bits per heavy atom. The summed E-state index contributed by atoms with van der Waals surface area (Å²) < 4.78 is 4.70. The van der Waals surface area contributed by atoms with Gasteiger partial charge in [0.1, 0.15) is 6.61 Å². The first-order chi connectivity index (χ1) is 8.20. The van der Waals surface area contributed by atoms with E-state index in [-0.39, 0.29) is 12.4 Å². The summed E-state index contributed by atoms with van der Waals surface area (Å²) in [6.07, 6.45) is 0. The van der Waals surface area contributed by atoms with Gasteiger partial charge in [-0.2, -0.15) is 0 Å². The molecule has 0 aromatic heterocycles. The van der Waals surface area contributed by atoms with Crippen molar-refractivity contribution in [3.05, 3.63) is 47.5 Å². The van der Waals surface area contributed by atoms with Crippen molar-refractivity contribution in [1.82, 2.24) is 0 Å². The van der Waals surface area contributed by atoms with Gasteiger partial charge in [-0.05, 0) is 35.4 Å². The highest BCUT2D eigenvalue weighted by atomic mass is 16.5. The van der Waals surface area contributed by atoms with E-state index >= 15 is 0 Å². The lowest BCUT2D eigenvalue weighted by Gasteiger charge is -2.04. The van der Waals surface area contributed by atoms with Crippen LogP contribution in [0.2, 0.25) is 0 Å². The standard InChI is InChI=1S/C14H12O3/c1-10(16)12-4-5-13-6-11(8-17-9-15)2-3-14(13)7-12/h2-7,9H,8H2,1H3. The molecule has 0 aliphatic rings. The molecule has 3 nitrogen and oxygen atoms in total. The smallest absolute Gasteiger partial charge is 0.293 e. The number of ketones is 1. The lowest BCUT2D eigenvalue weighted by molar-refractivity contribution is -0.129. The third-order valence-electron chi connectivity index (χ3n) is 2.63. The Morgan fingerprint density at radius 2 is 1.88 bits per heavy atom. The van der Waals surface area contributed by atoms with Crippen LogP contribution >= 0.6 is 0 Å². The summed E-state index contributed by atoms with van der Waals surface area (Å²) >= 11 is 0. The molecule has 2 aromatic rings. The van der Waals surface area contributed by atoms with E-state index in [4.69, 9.17) is 4.74 Å². The van der Waals surface area contributed by atoms with Crippen molar-refractivity contribution in [1.29, 1.82) is 0 Å². The number of carbonyl (C=O) groups excluding carboxylic acids is 2. The van der Waals surface area contributed by atoms with Gasteiger partial charge in [0.25, 0.3) is 6.47 Å². The van der Waals surface area contributed by atoms with E-state index in [2.05, 4.69) is 0 Å². The number of hydrogen-bond donors (Lipinski definition) is 0. The van der Waals surface area contributed by atoms with Crippen LogP contribution in [0.25, 0.3) is 10.8 Å². The summed E-state index contributed by atoms with van der Waals surface area (Å²) in [6.45, 7) is 2.25. The average molecular weight is 228 g/mol. The fraction of sp³-hybridized carbons (Fsp3) is 0.143. The number of carbonyl (C=O) groups is 2. The number of Topliss-reactive ketones (excluding diaryl/α,β-unsaturated/α-hetero) is 1. The predicted octanol–water partition coefficient (Wildman–Crippen LogP) is 2.72. The minimum absolute atomic E-state index is 0.0558.